The predicted octanol–water partition coefficient (Wildman–Crippen LogP) is 1.51. The van der Waals surface area contributed by atoms with Gasteiger partial charge in [-0.15, -0.1) is 0 Å². The van der Waals surface area contributed by atoms with Gasteiger partial charge in [-0.25, -0.2) is 0 Å². The highest BCUT2D eigenvalue weighted by atomic mass is 16.5. The molecule has 2 atom stereocenters. The first-order valence-corrected chi connectivity index (χ1v) is 6.86. The molecule has 0 bridgehead atoms. The number of hydrogen-bond acceptors (Lipinski definition) is 3. The van der Waals surface area contributed by atoms with Gasteiger partial charge in [-0.2, -0.15) is 0 Å². The fraction of sp³-hybridized carbons (Fsp3) is 0.929. The van der Waals surface area contributed by atoms with Crippen molar-refractivity contribution < 1.29 is 9.53 Å². The number of ether oxygens (including phenoxy) is 1. The maximum absolute atomic E-state index is 12.1. The monoisotopic (exact) mass is 256 g/mol. The molecule has 1 heterocycles. The van der Waals surface area contributed by atoms with Crippen molar-refractivity contribution in [3.8, 4) is 0 Å². The predicted molar refractivity (Wildman–Crippen MR) is 73.5 cm³/mol. The summed E-state index contributed by atoms with van der Waals surface area (Å²) in [6.07, 6.45) is 1.94. The number of hydrogen-bond donors (Lipinski definition) is 1. The fourth-order valence-corrected chi connectivity index (χ4v) is 2.43. The molecule has 4 nitrogen and oxygen atoms in total. The summed E-state index contributed by atoms with van der Waals surface area (Å²) in [6.45, 7) is 8.80. The van der Waals surface area contributed by atoms with E-state index in [1.807, 2.05) is 0 Å². The molecule has 0 aromatic carbocycles. The fourth-order valence-electron chi connectivity index (χ4n) is 2.43. The zero-order valence-electron chi connectivity index (χ0n) is 12.5. The molecule has 1 rings (SSSR count). The third-order valence-corrected chi connectivity index (χ3v) is 3.79. The number of amides is 1. The molecule has 1 N–H and O–H groups in total. The molecule has 0 radical (unpaired) electrons. The Morgan fingerprint density at radius 1 is 1.50 bits per heavy atom. The third kappa shape index (κ3) is 4.58. The highest BCUT2D eigenvalue weighted by molar-refractivity contribution is 5.79. The van der Waals surface area contributed by atoms with E-state index in [1.165, 1.54) is 0 Å². The SMILES string of the molecule is C[C@H](NC(=O)[C@H]1CCCOC1)C(C)(C)CN(C)C. The van der Waals surface area contributed by atoms with Crippen molar-refractivity contribution >= 4 is 5.91 Å². The Kier molecular flexibility index (Phi) is 5.60. The van der Waals surface area contributed by atoms with Crippen LogP contribution in [0.4, 0.5) is 0 Å². The molecular formula is C14H28N2O2. The molecular weight excluding hydrogens is 228 g/mol. The summed E-state index contributed by atoms with van der Waals surface area (Å²) in [7, 11) is 4.12. The third-order valence-electron chi connectivity index (χ3n) is 3.79. The standard InChI is InChI=1S/C14H28N2O2/c1-11(14(2,3)10-16(4)5)15-13(17)12-7-6-8-18-9-12/h11-12H,6-10H2,1-5H3,(H,15,17)/t11-,12-/m0/s1. The number of rotatable bonds is 5. The van der Waals surface area contributed by atoms with Crippen LogP contribution in [0.15, 0.2) is 0 Å². The maximum atomic E-state index is 12.1. The maximum Gasteiger partial charge on any atom is 0.225 e. The normalized spacial score (nSPS) is 22.9. The summed E-state index contributed by atoms with van der Waals surface area (Å²) >= 11 is 0. The minimum absolute atomic E-state index is 0.0383. The Hall–Kier alpha value is -0.610. The van der Waals surface area contributed by atoms with Crippen LogP contribution in [0.1, 0.15) is 33.6 Å². The van der Waals surface area contributed by atoms with E-state index in [-0.39, 0.29) is 23.3 Å². The van der Waals surface area contributed by atoms with E-state index in [2.05, 4.69) is 45.1 Å². The van der Waals surface area contributed by atoms with Gasteiger partial charge in [-0.05, 0) is 39.3 Å². The van der Waals surface area contributed by atoms with Crippen molar-refractivity contribution in [2.45, 2.75) is 39.7 Å². The molecule has 0 aliphatic carbocycles. The summed E-state index contributed by atoms with van der Waals surface area (Å²) < 4.78 is 5.37. The lowest BCUT2D eigenvalue weighted by Gasteiger charge is -2.36. The molecule has 0 saturated carbocycles. The van der Waals surface area contributed by atoms with Crippen LogP contribution in [0.2, 0.25) is 0 Å². The van der Waals surface area contributed by atoms with E-state index < -0.39 is 0 Å². The Morgan fingerprint density at radius 2 is 2.17 bits per heavy atom. The van der Waals surface area contributed by atoms with Gasteiger partial charge in [0.1, 0.15) is 0 Å². The van der Waals surface area contributed by atoms with Crippen LogP contribution in [0.25, 0.3) is 0 Å². The molecule has 0 aromatic rings. The molecule has 4 heteroatoms. The summed E-state index contributed by atoms with van der Waals surface area (Å²) in [6, 6.07) is 0.161. The zero-order valence-corrected chi connectivity index (χ0v) is 12.5. The van der Waals surface area contributed by atoms with E-state index >= 15 is 0 Å². The zero-order chi connectivity index (χ0) is 13.8. The smallest absolute Gasteiger partial charge is 0.225 e. The van der Waals surface area contributed by atoms with Gasteiger partial charge in [0.25, 0.3) is 0 Å². The van der Waals surface area contributed by atoms with Crippen molar-refractivity contribution in [2.75, 3.05) is 33.9 Å². The van der Waals surface area contributed by atoms with E-state index in [0.717, 1.165) is 26.0 Å². The molecule has 1 saturated heterocycles. The van der Waals surface area contributed by atoms with Crippen LogP contribution < -0.4 is 5.32 Å². The van der Waals surface area contributed by atoms with Crippen LogP contribution in [0.3, 0.4) is 0 Å². The average molecular weight is 256 g/mol. The Labute approximate surface area is 111 Å². The molecule has 1 aliphatic rings. The molecule has 0 aromatic heterocycles. The van der Waals surface area contributed by atoms with Gasteiger partial charge in [0.05, 0.1) is 12.5 Å². The van der Waals surface area contributed by atoms with Gasteiger partial charge in [0, 0.05) is 19.2 Å². The Balaban J connectivity index is 2.47. The van der Waals surface area contributed by atoms with Crippen LogP contribution in [-0.2, 0) is 9.53 Å². The first-order chi connectivity index (χ1) is 8.33. The van der Waals surface area contributed by atoms with Gasteiger partial charge in [-0.3, -0.25) is 4.79 Å². The minimum Gasteiger partial charge on any atom is -0.381 e. The number of carbonyl (C=O) groups is 1. The van der Waals surface area contributed by atoms with E-state index in [0.29, 0.717) is 6.61 Å². The van der Waals surface area contributed by atoms with Gasteiger partial charge < -0.3 is 15.0 Å². The van der Waals surface area contributed by atoms with Crippen molar-refractivity contribution in [2.24, 2.45) is 11.3 Å². The number of carbonyl (C=O) groups excluding carboxylic acids is 1. The van der Waals surface area contributed by atoms with E-state index in [4.69, 9.17) is 4.74 Å². The Morgan fingerprint density at radius 3 is 2.67 bits per heavy atom. The van der Waals surface area contributed by atoms with Crippen molar-refractivity contribution in [3.63, 3.8) is 0 Å². The topological polar surface area (TPSA) is 41.6 Å². The summed E-state index contributed by atoms with van der Waals surface area (Å²) in [4.78, 5) is 14.3. The van der Waals surface area contributed by atoms with Gasteiger partial charge >= 0.3 is 0 Å². The summed E-state index contributed by atoms with van der Waals surface area (Å²) in [5, 5.41) is 3.15. The summed E-state index contributed by atoms with van der Waals surface area (Å²) in [5.41, 5.74) is 0.0642. The van der Waals surface area contributed by atoms with Crippen LogP contribution in [0.5, 0.6) is 0 Å². The first kappa shape index (κ1) is 15.4. The lowest BCUT2D eigenvalue weighted by atomic mass is 9.84. The molecule has 1 aliphatic heterocycles. The second-order valence-electron chi connectivity index (χ2n) is 6.37. The van der Waals surface area contributed by atoms with Gasteiger partial charge in [0.2, 0.25) is 5.91 Å². The van der Waals surface area contributed by atoms with Gasteiger partial charge in [0.15, 0.2) is 0 Å². The van der Waals surface area contributed by atoms with Crippen LogP contribution in [-0.4, -0.2) is 50.7 Å². The van der Waals surface area contributed by atoms with Crippen molar-refractivity contribution in [3.05, 3.63) is 0 Å². The molecule has 0 unspecified atom stereocenters. The minimum atomic E-state index is 0.0383. The largest absolute Gasteiger partial charge is 0.381 e. The number of nitrogens with one attached hydrogen (secondary N) is 1. The van der Waals surface area contributed by atoms with Crippen LogP contribution >= 0.6 is 0 Å². The molecule has 18 heavy (non-hydrogen) atoms. The van der Waals surface area contributed by atoms with Crippen molar-refractivity contribution in [1.29, 1.82) is 0 Å². The molecule has 1 fully saturated rings. The number of nitrogens with zero attached hydrogens (tertiary/aromatic N) is 1. The van der Waals surface area contributed by atoms with Crippen molar-refractivity contribution in [1.82, 2.24) is 10.2 Å². The molecule has 1 amide bonds. The van der Waals surface area contributed by atoms with Crippen LogP contribution in [0, 0.1) is 11.3 Å². The first-order valence-electron chi connectivity index (χ1n) is 6.86. The van der Waals surface area contributed by atoms with E-state index in [1.54, 1.807) is 0 Å². The highest BCUT2D eigenvalue weighted by Gasteiger charge is 2.30. The molecule has 0 spiro atoms. The lowest BCUT2D eigenvalue weighted by Crippen LogP contribution is -2.49. The second kappa shape index (κ2) is 6.53. The average Bonchev–Trinajstić information content (AvgIpc) is 2.28. The quantitative estimate of drug-likeness (QED) is 0.810. The highest BCUT2D eigenvalue weighted by Crippen LogP contribution is 2.22. The van der Waals surface area contributed by atoms with Gasteiger partial charge in [-0.1, -0.05) is 13.8 Å². The summed E-state index contributed by atoms with van der Waals surface area (Å²) in [5.74, 6) is 0.186. The molecule has 106 valence electrons. The van der Waals surface area contributed by atoms with E-state index in [9.17, 15) is 4.79 Å². The lowest BCUT2D eigenvalue weighted by molar-refractivity contribution is -0.130. The second-order valence-corrected chi connectivity index (χ2v) is 6.37. The Bertz CT molecular complexity index is 271.